The van der Waals surface area contributed by atoms with E-state index in [1.807, 2.05) is 53.4 Å². The smallest absolute Gasteiger partial charge is 0.260 e. The molecule has 1 aliphatic carbocycles. The van der Waals surface area contributed by atoms with Gasteiger partial charge in [0.2, 0.25) is 0 Å². The summed E-state index contributed by atoms with van der Waals surface area (Å²) in [6.45, 7) is 1.92. The Bertz CT molecular complexity index is 867. The van der Waals surface area contributed by atoms with Gasteiger partial charge in [0.1, 0.15) is 11.5 Å². The summed E-state index contributed by atoms with van der Waals surface area (Å²) >= 11 is 0. The minimum Gasteiger partial charge on any atom is -0.492 e. The number of ether oxygens (including phenoxy) is 2. The molecule has 6 nitrogen and oxygen atoms in total. The molecular weight excluding hydrogens is 380 g/mol. The van der Waals surface area contributed by atoms with Crippen molar-refractivity contribution in [1.29, 1.82) is 0 Å². The number of hydrogen-bond acceptors (Lipinski definition) is 4. The molecule has 6 heteroatoms. The van der Waals surface area contributed by atoms with E-state index >= 15 is 0 Å². The highest BCUT2D eigenvalue weighted by Gasteiger charge is 2.27. The fraction of sp³-hybridized carbons (Fsp3) is 0.417. The molecule has 2 fully saturated rings. The monoisotopic (exact) mass is 408 g/mol. The first-order valence-electron chi connectivity index (χ1n) is 10.7. The Hall–Kier alpha value is -3.02. The van der Waals surface area contributed by atoms with E-state index in [0.29, 0.717) is 36.3 Å². The number of para-hydroxylation sites is 2. The summed E-state index contributed by atoms with van der Waals surface area (Å²) in [5.74, 6) is 1.45. The van der Waals surface area contributed by atoms with Gasteiger partial charge in [-0.15, -0.1) is 0 Å². The Balaban J connectivity index is 1.28. The van der Waals surface area contributed by atoms with Gasteiger partial charge in [0.15, 0.2) is 6.61 Å². The van der Waals surface area contributed by atoms with Crippen LogP contribution in [-0.4, -0.2) is 49.1 Å². The predicted octanol–water partition coefficient (Wildman–Crippen LogP) is 3.28. The van der Waals surface area contributed by atoms with E-state index in [1.165, 1.54) is 0 Å². The van der Waals surface area contributed by atoms with E-state index in [2.05, 4.69) is 5.32 Å². The number of likely N-dealkylation sites (tertiary alicyclic amines) is 1. The van der Waals surface area contributed by atoms with Crippen molar-refractivity contribution in [3.05, 3.63) is 60.2 Å². The minimum atomic E-state index is -0.0772. The summed E-state index contributed by atoms with van der Waals surface area (Å²) in [6.07, 6.45) is 4.04. The van der Waals surface area contributed by atoms with Gasteiger partial charge in [0.25, 0.3) is 11.8 Å². The van der Waals surface area contributed by atoms with Crippen molar-refractivity contribution in [2.45, 2.75) is 31.7 Å². The molecule has 0 radical (unpaired) electrons. The average molecular weight is 408 g/mol. The number of nitrogens with one attached hydrogen (secondary N) is 1. The summed E-state index contributed by atoms with van der Waals surface area (Å²) < 4.78 is 11.6. The summed E-state index contributed by atoms with van der Waals surface area (Å²) in [6, 6.07) is 17.0. The normalized spacial score (nSPS) is 18.5. The van der Waals surface area contributed by atoms with E-state index in [4.69, 9.17) is 9.47 Å². The first-order chi connectivity index (χ1) is 14.7. The van der Waals surface area contributed by atoms with E-state index < -0.39 is 0 Å². The first-order valence-corrected chi connectivity index (χ1v) is 10.7. The van der Waals surface area contributed by atoms with Gasteiger partial charge in [-0.25, -0.2) is 0 Å². The lowest BCUT2D eigenvalue weighted by Gasteiger charge is -2.32. The molecule has 1 N–H and O–H groups in total. The molecule has 1 heterocycles. The second-order valence-corrected chi connectivity index (χ2v) is 8.00. The third kappa shape index (κ3) is 5.53. The minimum absolute atomic E-state index is 0.00670. The van der Waals surface area contributed by atoms with Crippen LogP contribution in [0.3, 0.4) is 0 Å². The Morgan fingerprint density at radius 1 is 0.967 bits per heavy atom. The maximum atomic E-state index is 12.6. The van der Waals surface area contributed by atoms with Gasteiger partial charge < -0.3 is 19.7 Å². The molecule has 1 aliphatic heterocycles. The van der Waals surface area contributed by atoms with Gasteiger partial charge in [-0.1, -0.05) is 30.3 Å². The standard InChI is InChI=1S/C24H28N2O4/c27-23(17-29-20-8-2-1-3-9-20)26-14-6-7-18(15-26)16-30-22-11-5-4-10-21(22)24(28)25-19-12-13-19/h1-5,8-11,18-19H,6-7,12-17H2,(H,25,28). The Morgan fingerprint density at radius 3 is 2.53 bits per heavy atom. The lowest BCUT2D eigenvalue weighted by Crippen LogP contribution is -2.43. The van der Waals surface area contributed by atoms with Gasteiger partial charge in [-0.3, -0.25) is 9.59 Å². The zero-order chi connectivity index (χ0) is 20.8. The highest BCUT2D eigenvalue weighted by molar-refractivity contribution is 5.97. The molecule has 2 aromatic carbocycles. The quantitative estimate of drug-likeness (QED) is 0.728. The molecule has 4 rings (SSSR count). The first kappa shape index (κ1) is 20.3. The van der Waals surface area contributed by atoms with Crippen molar-refractivity contribution in [2.24, 2.45) is 5.92 Å². The molecule has 0 spiro atoms. The lowest BCUT2D eigenvalue weighted by molar-refractivity contribution is -0.135. The Labute approximate surface area is 177 Å². The van der Waals surface area contributed by atoms with Crippen molar-refractivity contribution >= 4 is 11.8 Å². The molecule has 1 saturated carbocycles. The fourth-order valence-corrected chi connectivity index (χ4v) is 3.66. The molecule has 2 aliphatic rings. The number of carbonyl (C=O) groups is 2. The fourth-order valence-electron chi connectivity index (χ4n) is 3.66. The largest absolute Gasteiger partial charge is 0.492 e. The number of amides is 2. The molecular formula is C24H28N2O4. The van der Waals surface area contributed by atoms with Crippen LogP contribution >= 0.6 is 0 Å². The van der Waals surface area contributed by atoms with Crippen LogP contribution < -0.4 is 14.8 Å². The van der Waals surface area contributed by atoms with Crippen molar-refractivity contribution in [1.82, 2.24) is 10.2 Å². The van der Waals surface area contributed by atoms with E-state index in [0.717, 1.165) is 32.2 Å². The van der Waals surface area contributed by atoms with E-state index in [9.17, 15) is 9.59 Å². The molecule has 1 atom stereocenters. The van der Waals surface area contributed by atoms with Gasteiger partial charge >= 0.3 is 0 Å². The average Bonchev–Trinajstić information content (AvgIpc) is 3.61. The van der Waals surface area contributed by atoms with Crippen molar-refractivity contribution in [2.75, 3.05) is 26.3 Å². The molecule has 0 bridgehead atoms. The predicted molar refractivity (Wildman–Crippen MR) is 114 cm³/mol. The van der Waals surface area contributed by atoms with Crippen molar-refractivity contribution in [3.8, 4) is 11.5 Å². The molecule has 30 heavy (non-hydrogen) atoms. The molecule has 2 aromatic rings. The Morgan fingerprint density at radius 2 is 1.73 bits per heavy atom. The van der Waals surface area contributed by atoms with Crippen LogP contribution in [0.2, 0.25) is 0 Å². The number of hydrogen-bond donors (Lipinski definition) is 1. The van der Waals surface area contributed by atoms with Gasteiger partial charge in [0, 0.05) is 25.0 Å². The third-order valence-corrected chi connectivity index (χ3v) is 5.50. The topological polar surface area (TPSA) is 67.9 Å². The van der Waals surface area contributed by atoms with Gasteiger partial charge in [-0.2, -0.15) is 0 Å². The number of rotatable bonds is 8. The molecule has 0 aromatic heterocycles. The van der Waals surface area contributed by atoms with Crippen LogP contribution in [-0.2, 0) is 4.79 Å². The van der Waals surface area contributed by atoms with Crippen LogP contribution in [0.25, 0.3) is 0 Å². The van der Waals surface area contributed by atoms with E-state index in [-0.39, 0.29) is 24.3 Å². The number of nitrogens with zero attached hydrogens (tertiary/aromatic N) is 1. The lowest BCUT2D eigenvalue weighted by atomic mass is 9.99. The highest BCUT2D eigenvalue weighted by Crippen LogP contribution is 2.24. The van der Waals surface area contributed by atoms with Crippen molar-refractivity contribution in [3.63, 3.8) is 0 Å². The zero-order valence-corrected chi connectivity index (χ0v) is 17.1. The summed E-state index contributed by atoms with van der Waals surface area (Å²) in [5.41, 5.74) is 0.574. The molecule has 2 amide bonds. The van der Waals surface area contributed by atoms with Crippen LogP contribution in [0.5, 0.6) is 11.5 Å². The van der Waals surface area contributed by atoms with E-state index in [1.54, 1.807) is 6.07 Å². The van der Waals surface area contributed by atoms with Crippen LogP contribution in [0.15, 0.2) is 54.6 Å². The third-order valence-electron chi connectivity index (χ3n) is 5.50. The van der Waals surface area contributed by atoms with Crippen LogP contribution in [0.4, 0.5) is 0 Å². The summed E-state index contributed by atoms with van der Waals surface area (Å²) in [7, 11) is 0. The highest BCUT2D eigenvalue weighted by atomic mass is 16.5. The van der Waals surface area contributed by atoms with Crippen molar-refractivity contribution < 1.29 is 19.1 Å². The second kappa shape index (κ2) is 9.65. The van der Waals surface area contributed by atoms with Crippen LogP contribution in [0.1, 0.15) is 36.0 Å². The number of carbonyl (C=O) groups excluding carboxylic acids is 2. The maximum absolute atomic E-state index is 12.6. The summed E-state index contributed by atoms with van der Waals surface area (Å²) in [4.78, 5) is 26.8. The van der Waals surface area contributed by atoms with Gasteiger partial charge in [0.05, 0.1) is 12.2 Å². The number of piperidine rings is 1. The van der Waals surface area contributed by atoms with Crippen LogP contribution in [0, 0.1) is 5.92 Å². The maximum Gasteiger partial charge on any atom is 0.260 e. The molecule has 1 saturated heterocycles. The SMILES string of the molecule is O=C(NC1CC1)c1ccccc1OCC1CCCN(C(=O)COc2ccccc2)C1. The number of benzene rings is 2. The Kier molecular flexibility index (Phi) is 6.52. The molecule has 1 unspecified atom stereocenters. The zero-order valence-electron chi connectivity index (χ0n) is 17.1. The summed E-state index contributed by atoms with van der Waals surface area (Å²) in [5, 5.41) is 3.01. The molecule has 158 valence electrons. The van der Waals surface area contributed by atoms with Gasteiger partial charge in [-0.05, 0) is 49.9 Å². The second-order valence-electron chi connectivity index (χ2n) is 8.00.